The molecule has 0 bridgehead atoms. The van der Waals surface area contributed by atoms with E-state index in [0.29, 0.717) is 11.8 Å². The Kier molecular flexibility index (Phi) is 9.52. The summed E-state index contributed by atoms with van der Waals surface area (Å²) in [5.74, 6) is 1.16. The number of hydrogen-bond acceptors (Lipinski definition) is 5. The van der Waals surface area contributed by atoms with E-state index in [1.54, 1.807) is 6.20 Å². The van der Waals surface area contributed by atoms with Gasteiger partial charge in [0.2, 0.25) is 0 Å². The first kappa shape index (κ1) is 25.8. The Bertz CT molecular complexity index is 1050. The van der Waals surface area contributed by atoms with E-state index in [2.05, 4.69) is 50.6 Å². The number of fused-ring (bicyclic) bond motifs is 2. The van der Waals surface area contributed by atoms with Crippen LogP contribution in [0.15, 0.2) is 59.6 Å². The summed E-state index contributed by atoms with van der Waals surface area (Å²) in [6.07, 6.45) is 15.6. The summed E-state index contributed by atoms with van der Waals surface area (Å²) in [4.78, 5) is 10.1. The normalized spacial score (nSPS) is 19.7. The van der Waals surface area contributed by atoms with Crippen molar-refractivity contribution in [3.8, 4) is 0 Å². The SMILES string of the molecule is CC.CC/C=C\NC.NC1=NC=CN2C1=C(c1cc3cccc(Cl)c3[nH]1)NC2C1CCCCC1. The molecule has 1 aromatic carbocycles. The van der Waals surface area contributed by atoms with Crippen LogP contribution in [0.5, 0.6) is 0 Å². The van der Waals surface area contributed by atoms with Crippen molar-refractivity contribution < 1.29 is 0 Å². The lowest BCUT2D eigenvalue weighted by Gasteiger charge is -2.35. The Hall–Kier alpha value is -2.86. The first-order chi connectivity index (χ1) is 16.6. The van der Waals surface area contributed by atoms with Crippen LogP contribution in [0.1, 0.15) is 65.0 Å². The fourth-order valence-electron chi connectivity index (χ4n) is 4.72. The summed E-state index contributed by atoms with van der Waals surface area (Å²) < 4.78 is 0. The number of allylic oxidation sites excluding steroid dienone is 1. The van der Waals surface area contributed by atoms with Crippen molar-refractivity contribution in [3.05, 3.63) is 65.4 Å². The van der Waals surface area contributed by atoms with Crippen molar-refractivity contribution in [1.82, 2.24) is 20.5 Å². The topological polar surface area (TPSA) is 81.5 Å². The van der Waals surface area contributed by atoms with Crippen molar-refractivity contribution in [3.63, 3.8) is 0 Å². The highest BCUT2D eigenvalue weighted by molar-refractivity contribution is 6.35. The molecule has 7 heteroatoms. The standard InChI is InChI=1S/C20H22ClN5.C5H11N.C2H6/c21-14-8-4-7-13-11-15(24-16(13)14)17-18-19(22)23-9-10-26(18)20(25-17)12-5-2-1-3-6-12;1-3-4-5-6-2;1-2/h4,7-12,20,24-25H,1-3,5-6H2,(H2,22,23);4-6H,3H2,1-2H3;1-2H3/b;5-4-;. The monoisotopic (exact) mass is 482 g/mol. The number of rotatable bonds is 4. The van der Waals surface area contributed by atoms with Gasteiger partial charge in [0.05, 0.1) is 21.9 Å². The second kappa shape index (κ2) is 12.6. The number of hydrogen-bond donors (Lipinski definition) is 4. The van der Waals surface area contributed by atoms with E-state index in [9.17, 15) is 0 Å². The van der Waals surface area contributed by atoms with Gasteiger partial charge in [-0.05, 0) is 43.5 Å². The summed E-state index contributed by atoms with van der Waals surface area (Å²) in [6.45, 7) is 6.10. The van der Waals surface area contributed by atoms with Crippen molar-refractivity contribution in [2.75, 3.05) is 7.05 Å². The molecule has 1 atom stereocenters. The number of nitrogens with two attached hydrogens (primary N) is 1. The molecule has 3 heterocycles. The van der Waals surface area contributed by atoms with Gasteiger partial charge in [0, 0.05) is 24.8 Å². The number of aromatic amines is 1. The molecule has 0 spiro atoms. The third-order valence-corrected chi connectivity index (χ3v) is 6.58. The molecular weight excluding hydrogens is 444 g/mol. The Morgan fingerprint density at radius 2 is 2.00 bits per heavy atom. The van der Waals surface area contributed by atoms with Crippen LogP contribution in [-0.2, 0) is 0 Å². The number of para-hydroxylation sites is 1. The smallest absolute Gasteiger partial charge is 0.149 e. The van der Waals surface area contributed by atoms with Gasteiger partial charge in [-0.25, -0.2) is 4.99 Å². The zero-order valence-corrected chi connectivity index (χ0v) is 21.6. The minimum absolute atomic E-state index is 0.229. The van der Waals surface area contributed by atoms with Crippen LogP contribution >= 0.6 is 11.6 Å². The summed E-state index contributed by atoms with van der Waals surface area (Å²) in [5.41, 5.74) is 10.2. The third-order valence-electron chi connectivity index (χ3n) is 6.26. The molecule has 6 nitrogen and oxygen atoms in total. The average molecular weight is 483 g/mol. The molecule has 2 aromatic rings. The largest absolute Gasteiger partial charge is 0.394 e. The van der Waals surface area contributed by atoms with Crippen molar-refractivity contribution >= 4 is 34.0 Å². The van der Waals surface area contributed by atoms with E-state index in [-0.39, 0.29) is 6.17 Å². The maximum absolute atomic E-state index is 6.36. The quantitative estimate of drug-likeness (QED) is 0.412. The first-order valence-corrected chi connectivity index (χ1v) is 12.9. The maximum Gasteiger partial charge on any atom is 0.149 e. The van der Waals surface area contributed by atoms with Crippen LogP contribution in [0.3, 0.4) is 0 Å². The van der Waals surface area contributed by atoms with Crippen LogP contribution in [0.2, 0.25) is 5.02 Å². The Labute approximate surface area is 209 Å². The lowest BCUT2D eigenvalue weighted by molar-refractivity contribution is 0.196. The molecule has 1 unspecified atom stereocenters. The van der Waals surface area contributed by atoms with E-state index in [1.165, 1.54) is 32.1 Å². The molecule has 0 amide bonds. The highest BCUT2D eigenvalue weighted by atomic mass is 35.5. The predicted octanol–water partition coefficient (Wildman–Crippen LogP) is 6.30. The highest BCUT2D eigenvalue weighted by Gasteiger charge is 2.39. The summed E-state index contributed by atoms with van der Waals surface area (Å²) in [7, 11) is 1.90. The second-order valence-electron chi connectivity index (χ2n) is 8.42. The van der Waals surface area contributed by atoms with Gasteiger partial charge in [0.25, 0.3) is 0 Å². The van der Waals surface area contributed by atoms with E-state index < -0.39 is 0 Å². The van der Waals surface area contributed by atoms with Crippen molar-refractivity contribution in [1.29, 1.82) is 0 Å². The van der Waals surface area contributed by atoms with Crippen LogP contribution in [0.4, 0.5) is 0 Å². The molecule has 0 radical (unpaired) electrons. The lowest BCUT2D eigenvalue weighted by Crippen LogP contribution is -2.43. The van der Waals surface area contributed by atoms with Crippen LogP contribution in [0, 0.1) is 5.92 Å². The van der Waals surface area contributed by atoms with Gasteiger partial charge in [-0.2, -0.15) is 0 Å². The van der Waals surface area contributed by atoms with Crippen LogP contribution < -0.4 is 16.4 Å². The Balaban J connectivity index is 0.000000356. The van der Waals surface area contributed by atoms with Gasteiger partial charge in [0.15, 0.2) is 0 Å². The minimum atomic E-state index is 0.229. The molecule has 2 aliphatic heterocycles. The zero-order chi connectivity index (χ0) is 24.5. The van der Waals surface area contributed by atoms with Gasteiger partial charge >= 0.3 is 0 Å². The molecular formula is C27H39ClN6. The number of nitrogens with zero attached hydrogens (tertiary/aromatic N) is 2. The van der Waals surface area contributed by atoms with Gasteiger partial charge in [-0.1, -0.05) is 69.8 Å². The zero-order valence-electron chi connectivity index (χ0n) is 20.9. The Morgan fingerprint density at radius 3 is 2.65 bits per heavy atom. The minimum Gasteiger partial charge on any atom is -0.394 e. The molecule has 3 aliphatic rings. The van der Waals surface area contributed by atoms with Gasteiger partial charge in [-0.15, -0.1) is 0 Å². The molecule has 0 saturated heterocycles. The van der Waals surface area contributed by atoms with E-state index >= 15 is 0 Å². The first-order valence-electron chi connectivity index (χ1n) is 12.5. The lowest BCUT2D eigenvalue weighted by atomic mass is 9.86. The molecule has 5 rings (SSSR count). The number of amidine groups is 1. The van der Waals surface area contributed by atoms with Gasteiger partial charge < -0.3 is 26.3 Å². The highest BCUT2D eigenvalue weighted by Crippen LogP contribution is 2.38. The summed E-state index contributed by atoms with van der Waals surface area (Å²) in [6, 6.07) is 8.07. The second-order valence-corrected chi connectivity index (χ2v) is 8.82. The fourth-order valence-corrected chi connectivity index (χ4v) is 4.95. The number of aliphatic imine (C=N–C) groups is 1. The molecule has 5 N–H and O–H groups in total. The molecule has 34 heavy (non-hydrogen) atoms. The van der Waals surface area contributed by atoms with Crippen molar-refractivity contribution in [2.45, 2.75) is 65.5 Å². The van der Waals surface area contributed by atoms with Crippen LogP contribution in [0.25, 0.3) is 16.6 Å². The van der Waals surface area contributed by atoms with E-state index in [0.717, 1.165) is 39.4 Å². The number of aromatic nitrogens is 1. The maximum atomic E-state index is 6.36. The van der Waals surface area contributed by atoms with E-state index in [1.807, 2.05) is 45.4 Å². The average Bonchev–Trinajstić information content (AvgIpc) is 3.48. The number of halogens is 1. The van der Waals surface area contributed by atoms with Crippen LogP contribution in [-0.4, -0.2) is 28.9 Å². The van der Waals surface area contributed by atoms with Gasteiger partial charge in [-0.3, -0.25) is 0 Å². The molecule has 1 fully saturated rings. The third kappa shape index (κ3) is 5.61. The molecule has 184 valence electrons. The van der Waals surface area contributed by atoms with Crippen molar-refractivity contribution in [2.24, 2.45) is 16.6 Å². The number of benzene rings is 1. The predicted molar refractivity (Wildman–Crippen MR) is 146 cm³/mol. The number of H-pyrrole nitrogens is 1. The molecule has 1 aliphatic carbocycles. The van der Waals surface area contributed by atoms with Gasteiger partial charge in [0.1, 0.15) is 17.7 Å². The van der Waals surface area contributed by atoms with E-state index in [4.69, 9.17) is 17.3 Å². The fraction of sp³-hybridized carbons (Fsp3) is 0.444. The molecule has 1 aromatic heterocycles. The summed E-state index contributed by atoms with van der Waals surface area (Å²) in [5, 5.41) is 8.46. The Morgan fingerprint density at radius 1 is 1.24 bits per heavy atom. The molecule has 1 saturated carbocycles. The summed E-state index contributed by atoms with van der Waals surface area (Å²) >= 11 is 6.36. The number of nitrogens with one attached hydrogen (secondary N) is 3.